The maximum Gasteiger partial charge on any atom is 0.336 e. The monoisotopic (exact) mass is 498 g/mol. The fourth-order valence-electron chi connectivity index (χ4n) is 5.58. The number of carbonyl (C=O) groups is 1. The number of carbonyl (C=O) groups excluding carboxylic acids is 1. The summed E-state index contributed by atoms with van der Waals surface area (Å²) in [6, 6.07) is 19.5. The van der Waals surface area contributed by atoms with Crippen molar-refractivity contribution in [3.63, 3.8) is 0 Å². The first kappa shape index (κ1) is 23.1. The molecule has 8 nitrogen and oxygen atoms in total. The van der Waals surface area contributed by atoms with Crippen LogP contribution in [-0.2, 0) is 11.3 Å². The van der Waals surface area contributed by atoms with Gasteiger partial charge in [0.2, 0.25) is 0 Å². The van der Waals surface area contributed by atoms with E-state index in [2.05, 4.69) is 0 Å². The molecule has 2 bridgehead atoms. The minimum Gasteiger partial charge on any atom is -0.497 e. The largest absolute Gasteiger partial charge is 0.497 e. The van der Waals surface area contributed by atoms with Gasteiger partial charge in [-0.25, -0.2) is 4.79 Å². The highest BCUT2D eigenvalue weighted by Crippen LogP contribution is 2.35. The van der Waals surface area contributed by atoms with E-state index in [1.54, 1.807) is 31.4 Å². The number of benzene rings is 2. The second-order valence-corrected chi connectivity index (χ2v) is 9.65. The third kappa shape index (κ3) is 4.39. The Kier molecular flexibility index (Phi) is 5.79. The number of aromatic nitrogens is 1. The number of rotatable bonds is 5. The van der Waals surface area contributed by atoms with Crippen LogP contribution >= 0.6 is 0 Å². The lowest BCUT2D eigenvalue weighted by atomic mass is 9.83. The smallest absolute Gasteiger partial charge is 0.336 e. The van der Waals surface area contributed by atoms with Crippen LogP contribution in [0.4, 0.5) is 0 Å². The van der Waals surface area contributed by atoms with Crippen molar-refractivity contribution < 1.29 is 18.7 Å². The number of nitrogens with zero attached hydrogens (tertiary/aromatic N) is 2. The van der Waals surface area contributed by atoms with Gasteiger partial charge in [-0.15, -0.1) is 0 Å². The van der Waals surface area contributed by atoms with Crippen molar-refractivity contribution in [3.8, 4) is 22.6 Å². The van der Waals surface area contributed by atoms with E-state index in [9.17, 15) is 14.4 Å². The van der Waals surface area contributed by atoms with Gasteiger partial charge in [0.1, 0.15) is 17.1 Å². The number of hydrogen-bond donors (Lipinski definition) is 0. The van der Waals surface area contributed by atoms with Gasteiger partial charge in [-0.1, -0.05) is 18.2 Å². The number of amides is 1. The average molecular weight is 499 g/mol. The van der Waals surface area contributed by atoms with Gasteiger partial charge in [0.15, 0.2) is 6.61 Å². The summed E-state index contributed by atoms with van der Waals surface area (Å²) in [6.45, 7) is 1.70. The summed E-state index contributed by atoms with van der Waals surface area (Å²) in [4.78, 5) is 39.4. The molecule has 37 heavy (non-hydrogen) atoms. The standard InChI is InChI=1S/C29H26N2O6/c1-35-21-7-5-19(6-8-21)24-13-29(34)37-26-12-22(9-10-23(24)26)36-17-28(33)30-14-18-11-20(16-30)25-3-2-4-27(32)31(25)15-18/h2-10,12-13,18,20H,11,14-17H2,1H3/t18-,20-/m1/s1. The molecular weight excluding hydrogens is 472 g/mol. The van der Waals surface area contributed by atoms with E-state index in [0.29, 0.717) is 31.0 Å². The fraction of sp³-hybridized carbons (Fsp3) is 0.276. The van der Waals surface area contributed by atoms with Crippen molar-refractivity contribution in [3.05, 3.63) is 93.2 Å². The van der Waals surface area contributed by atoms with Crippen molar-refractivity contribution in [2.45, 2.75) is 18.9 Å². The van der Waals surface area contributed by atoms with E-state index in [0.717, 1.165) is 34.4 Å². The highest BCUT2D eigenvalue weighted by molar-refractivity contribution is 5.93. The highest BCUT2D eigenvalue weighted by atomic mass is 16.5. The molecule has 0 aliphatic carbocycles. The van der Waals surface area contributed by atoms with Gasteiger partial charge in [-0.2, -0.15) is 0 Å². The van der Waals surface area contributed by atoms with Crippen LogP contribution in [0.1, 0.15) is 18.0 Å². The van der Waals surface area contributed by atoms with Gasteiger partial charge in [-0.3, -0.25) is 9.59 Å². The first-order valence-corrected chi connectivity index (χ1v) is 12.3. The molecule has 1 saturated heterocycles. The quantitative estimate of drug-likeness (QED) is 0.390. The number of likely N-dealkylation sites (tertiary alicyclic amines) is 1. The number of ether oxygens (including phenoxy) is 2. The van der Waals surface area contributed by atoms with Gasteiger partial charge >= 0.3 is 5.63 Å². The molecule has 8 heteroatoms. The number of piperidine rings is 1. The molecule has 2 aliphatic rings. The minimum atomic E-state index is -0.467. The van der Waals surface area contributed by atoms with Crippen LogP contribution in [0.2, 0.25) is 0 Å². The van der Waals surface area contributed by atoms with Crippen molar-refractivity contribution in [2.75, 3.05) is 26.8 Å². The predicted octanol–water partition coefficient (Wildman–Crippen LogP) is 3.66. The third-order valence-corrected chi connectivity index (χ3v) is 7.31. The molecule has 0 radical (unpaired) electrons. The number of methoxy groups -OCH3 is 1. The van der Waals surface area contributed by atoms with E-state index in [1.807, 2.05) is 45.9 Å². The minimum absolute atomic E-state index is 0.0217. The zero-order chi connectivity index (χ0) is 25.5. The molecule has 0 N–H and O–H groups in total. The molecule has 1 fully saturated rings. The summed E-state index contributed by atoms with van der Waals surface area (Å²) < 4.78 is 18.3. The van der Waals surface area contributed by atoms with E-state index in [1.165, 1.54) is 6.07 Å². The Hall–Kier alpha value is -4.33. The summed E-state index contributed by atoms with van der Waals surface area (Å²) >= 11 is 0. The zero-order valence-electron chi connectivity index (χ0n) is 20.4. The fourth-order valence-corrected chi connectivity index (χ4v) is 5.58. The SMILES string of the molecule is COc1ccc(-c2cc(=O)oc3cc(OCC(=O)N4C[C@H]5C[C@H](C4)c4cccc(=O)n4C5)ccc23)cc1. The van der Waals surface area contributed by atoms with Crippen LogP contribution in [0, 0.1) is 5.92 Å². The molecule has 4 heterocycles. The summed E-state index contributed by atoms with van der Waals surface area (Å²) in [5.74, 6) is 1.48. The van der Waals surface area contributed by atoms with E-state index in [-0.39, 0.29) is 29.9 Å². The zero-order valence-corrected chi connectivity index (χ0v) is 20.4. The van der Waals surface area contributed by atoms with Gasteiger partial charge in [0, 0.05) is 54.8 Å². The first-order valence-electron chi connectivity index (χ1n) is 12.3. The molecule has 2 atom stereocenters. The molecule has 2 aliphatic heterocycles. The lowest BCUT2D eigenvalue weighted by Gasteiger charge is -2.42. The molecule has 188 valence electrons. The summed E-state index contributed by atoms with van der Waals surface area (Å²) in [5, 5.41) is 0.765. The summed E-state index contributed by atoms with van der Waals surface area (Å²) in [6.07, 6.45) is 0.980. The molecule has 2 aromatic heterocycles. The Labute approximate surface area is 212 Å². The first-order chi connectivity index (χ1) is 18.0. The molecule has 2 aromatic carbocycles. The van der Waals surface area contributed by atoms with Crippen LogP contribution in [0.15, 0.2) is 80.7 Å². The second-order valence-electron chi connectivity index (χ2n) is 9.65. The molecule has 4 aromatic rings. The normalized spacial score (nSPS) is 18.4. The number of fused-ring (bicyclic) bond motifs is 5. The molecule has 0 spiro atoms. The summed E-state index contributed by atoms with van der Waals surface area (Å²) in [5.41, 5.74) is 2.55. The lowest BCUT2D eigenvalue weighted by molar-refractivity contribution is -0.136. The maximum atomic E-state index is 13.0. The highest BCUT2D eigenvalue weighted by Gasteiger charge is 2.36. The van der Waals surface area contributed by atoms with Crippen LogP contribution in [0.25, 0.3) is 22.1 Å². The van der Waals surface area contributed by atoms with Crippen molar-refractivity contribution in [1.82, 2.24) is 9.47 Å². The van der Waals surface area contributed by atoms with Crippen molar-refractivity contribution in [1.29, 1.82) is 0 Å². The van der Waals surface area contributed by atoms with Gasteiger partial charge in [-0.05, 0) is 53.8 Å². The Bertz CT molecular complexity index is 1600. The molecule has 1 amide bonds. The van der Waals surface area contributed by atoms with Gasteiger partial charge in [0.25, 0.3) is 11.5 Å². The van der Waals surface area contributed by atoms with Gasteiger partial charge < -0.3 is 23.4 Å². The Balaban J connectivity index is 1.18. The van der Waals surface area contributed by atoms with Crippen molar-refractivity contribution in [2.24, 2.45) is 5.92 Å². The molecule has 6 rings (SSSR count). The number of pyridine rings is 1. The maximum absolute atomic E-state index is 13.0. The van der Waals surface area contributed by atoms with Crippen molar-refractivity contribution >= 4 is 16.9 Å². The summed E-state index contributed by atoms with van der Waals surface area (Å²) in [7, 11) is 1.60. The Morgan fingerprint density at radius 3 is 2.59 bits per heavy atom. The lowest BCUT2D eigenvalue weighted by Crippen LogP contribution is -2.50. The average Bonchev–Trinajstić information content (AvgIpc) is 2.91. The molecular formula is C29H26N2O6. The Morgan fingerprint density at radius 1 is 0.973 bits per heavy atom. The third-order valence-electron chi connectivity index (χ3n) is 7.31. The van der Waals surface area contributed by atoms with Gasteiger partial charge in [0.05, 0.1) is 7.11 Å². The number of hydrogen-bond acceptors (Lipinski definition) is 6. The second kappa shape index (κ2) is 9.28. The molecule has 0 unspecified atom stereocenters. The van der Waals surface area contributed by atoms with Crippen LogP contribution in [0.3, 0.4) is 0 Å². The predicted molar refractivity (Wildman–Crippen MR) is 138 cm³/mol. The van der Waals surface area contributed by atoms with E-state index < -0.39 is 5.63 Å². The topological polar surface area (TPSA) is 91.0 Å². The molecule has 0 saturated carbocycles. The van der Waals surface area contributed by atoms with E-state index in [4.69, 9.17) is 13.9 Å². The van der Waals surface area contributed by atoms with Crippen LogP contribution < -0.4 is 20.7 Å². The van der Waals surface area contributed by atoms with E-state index >= 15 is 0 Å². The van der Waals surface area contributed by atoms with Crippen LogP contribution in [0.5, 0.6) is 11.5 Å². The Morgan fingerprint density at radius 2 is 1.78 bits per heavy atom. The van der Waals surface area contributed by atoms with Crippen LogP contribution in [-0.4, -0.2) is 42.2 Å².